The summed E-state index contributed by atoms with van der Waals surface area (Å²) in [5.74, 6) is -4.17. The number of carboxylic acids is 1. The van der Waals surface area contributed by atoms with Crippen molar-refractivity contribution >= 4 is 21.9 Å². The van der Waals surface area contributed by atoms with Crippen LogP contribution in [0.5, 0.6) is 0 Å². The lowest BCUT2D eigenvalue weighted by molar-refractivity contribution is -0.255. The summed E-state index contributed by atoms with van der Waals surface area (Å²) in [6.07, 6.45) is 0. The molecule has 2 nitrogen and oxygen atoms in total. The van der Waals surface area contributed by atoms with Crippen LogP contribution in [0.15, 0.2) is 16.6 Å². The van der Waals surface area contributed by atoms with Crippen LogP contribution in [-0.2, 0) is 0 Å². The molecule has 0 saturated heterocycles. The molecule has 0 fully saturated rings. The third-order valence-corrected chi connectivity index (χ3v) is 1.67. The summed E-state index contributed by atoms with van der Waals surface area (Å²) in [7, 11) is 0. The molecule has 0 spiro atoms. The Kier molecular flexibility index (Phi) is 2.42. The topological polar surface area (TPSA) is 40.1 Å². The highest BCUT2D eigenvalue weighted by Crippen LogP contribution is 2.18. The average Bonchev–Trinajstić information content (AvgIpc) is 1.82. The van der Waals surface area contributed by atoms with Gasteiger partial charge in [-0.2, -0.15) is 0 Å². The minimum Gasteiger partial charge on any atom is -0.545 e. The van der Waals surface area contributed by atoms with Gasteiger partial charge in [0.05, 0.1) is 11.5 Å². The predicted octanol–water partition coefficient (Wildman–Crippen LogP) is 1.09. The van der Waals surface area contributed by atoms with E-state index < -0.39 is 23.2 Å². The molecular formula is C7H2BrF2O2-. The van der Waals surface area contributed by atoms with Crippen molar-refractivity contribution in [2.45, 2.75) is 0 Å². The van der Waals surface area contributed by atoms with Gasteiger partial charge >= 0.3 is 0 Å². The van der Waals surface area contributed by atoms with Crippen molar-refractivity contribution in [2.24, 2.45) is 0 Å². The van der Waals surface area contributed by atoms with Crippen LogP contribution in [-0.4, -0.2) is 5.97 Å². The maximum absolute atomic E-state index is 12.7. The second-order valence-corrected chi connectivity index (χ2v) is 2.95. The standard InChI is InChI=1S/C7H3BrF2O2/c8-3-1-4(9)6(7(11)12)5(10)2-3/h1-2H,(H,11,12)/p-1. The van der Waals surface area contributed by atoms with Gasteiger partial charge in [0.15, 0.2) is 0 Å². The molecule has 12 heavy (non-hydrogen) atoms. The van der Waals surface area contributed by atoms with Crippen molar-refractivity contribution in [2.75, 3.05) is 0 Å². The van der Waals surface area contributed by atoms with Crippen LogP contribution >= 0.6 is 15.9 Å². The Morgan fingerprint density at radius 2 is 1.75 bits per heavy atom. The Labute approximate surface area is 75.0 Å². The van der Waals surface area contributed by atoms with Crippen molar-refractivity contribution in [1.82, 2.24) is 0 Å². The van der Waals surface area contributed by atoms with Crippen molar-refractivity contribution in [1.29, 1.82) is 0 Å². The molecule has 0 saturated carbocycles. The zero-order chi connectivity index (χ0) is 9.30. The van der Waals surface area contributed by atoms with Gasteiger partial charge in [0, 0.05) is 4.47 Å². The van der Waals surface area contributed by atoms with Crippen molar-refractivity contribution < 1.29 is 18.7 Å². The number of rotatable bonds is 1. The molecule has 1 aromatic carbocycles. The molecule has 0 N–H and O–H groups in total. The molecule has 0 aromatic heterocycles. The van der Waals surface area contributed by atoms with Gasteiger partial charge in [0.2, 0.25) is 0 Å². The Morgan fingerprint density at radius 1 is 1.33 bits per heavy atom. The fourth-order valence-corrected chi connectivity index (χ4v) is 1.14. The maximum Gasteiger partial charge on any atom is 0.136 e. The Bertz CT molecular complexity index is 315. The molecule has 0 bridgehead atoms. The average molecular weight is 236 g/mol. The van der Waals surface area contributed by atoms with E-state index >= 15 is 0 Å². The molecule has 0 atom stereocenters. The second kappa shape index (κ2) is 3.18. The van der Waals surface area contributed by atoms with E-state index in [1.165, 1.54) is 0 Å². The highest BCUT2D eigenvalue weighted by atomic mass is 79.9. The van der Waals surface area contributed by atoms with Gasteiger partial charge in [-0.05, 0) is 12.1 Å². The van der Waals surface area contributed by atoms with Crippen LogP contribution in [0.25, 0.3) is 0 Å². The zero-order valence-corrected chi connectivity index (χ0v) is 7.19. The zero-order valence-electron chi connectivity index (χ0n) is 5.61. The van der Waals surface area contributed by atoms with Crippen LogP contribution in [0.4, 0.5) is 8.78 Å². The number of hydrogen-bond acceptors (Lipinski definition) is 2. The Morgan fingerprint density at radius 3 is 2.08 bits per heavy atom. The van der Waals surface area contributed by atoms with E-state index in [1.54, 1.807) is 0 Å². The quantitative estimate of drug-likeness (QED) is 0.732. The first-order chi connectivity index (χ1) is 5.52. The first kappa shape index (κ1) is 9.12. The summed E-state index contributed by atoms with van der Waals surface area (Å²) >= 11 is 2.80. The van der Waals surface area contributed by atoms with Crippen LogP contribution in [0.1, 0.15) is 10.4 Å². The smallest absolute Gasteiger partial charge is 0.136 e. The summed E-state index contributed by atoms with van der Waals surface area (Å²) in [5, 5.41) is 10.1. The number of benzene rings is 1. The highest BCUT2D eigenvalue weighted by molar-refractivity contribution is 9.10. The van der Waals surface area contributed by atoms with Gasteiger partial charge < -0.3 is 9.90 Å². The van der Waals surface area contributed by atoms with E-state index in [4.69, 9.17) is 0 Å². The van der Waals surface area contributed by atoms with Gasteiger partial charge in [0.25, 0.3) is 0 Å². The van der Waals surface area contributed by atoms with E-state index in [-0.39, 0.29) is 4.47 Å². The summed E-state index contributed by atoms with van der Waals surface area (Å²) in [6, 6.07) is 1.71. The SMILES string of the molecule is O=C([O-])c1c(F)cc(Br)cc1F. The molecule has 0 aliphatic heterocycles. The van der Waals surface area contributed by atoms with Crippen LogP contribution in [0.3, 0.4) is 0 Å². The highest BCUT2D eigenvalue weighted by Gasteiger charge is 2.10. The van der Waals surface area contributed by atoms with Crippen molar-refractivity contribution in [3.8, 4) is 0 Å². The normalized spacial score (nSPS) is 9.92. The lowest BCUT2D eigenvalue weighted by Gasteiger charge is -2.05. The molecule has 0 heterocycles. The fraction of sp³-hybridized carbons (Fsp3) is 0. The molecule has 0 radical (unpaired) electrons. The van der Waals surface area contributed by atoms with Crippen LogP contribution < -0.4 is 5.11 Å². The molecule has 1 rings (SSSR count). The minimum atomic E-state index is -1.86. The van der Waals surface area contributed by atoms with E-state index in [0.29, 0.717) is 0 Å². The van der Waals surface area contributed by atoms with Gasteiger partial charge in [-0.25, -0.2) is 8.78 Å². The number of carbonyl (C=O) groups excluding carboxylic acids is 1. The first-order valence-electron chi connectivity index (χ1n) is 2.88. The number of halogens is 3. The maximum atomic E-state index is 12.7. The van der Waals surface area contributed by atoms with Crippen LogP contribution in [0, 0.1) is 11.6 Å². The van der Waals surface area contributed by atoms with Gasteiger partial charge in [-0.15, -0.1) is 0 Å². The Balaban J connectivity index is 3.38. The number of carbonyl (C=O) groups is 1. The first-order valence-corrected chi connectivity index (χ1v) is 3.67. The van der Waals surface area contributed by atoms with Crippen LogP contribution in [0.2, 0.25) is 0 Å². The molecule has 0 aliphatic rings. The number of carboxylic acid groups (broad SMARTS) is 1. The minimum absolute atomic E-state index is 0.141. The molecule has 0 unspecified atom stereocenters. The molecule has 0 aliphatic carbocycles. The molecule has 0 amide bonds. The largest absolute Gasteiger partial charge is 0.545 e. The summed E-state index contributed by atoms with van der Waals surface area (Å²) in [5.41, 5.74) is -1.04. The van der Waals surface area contributed by atoms with E-state index in [1.807, 2.05) is 0 Å². The molecule has 64 valence electrons. The summed E-state index contributed by atoms with van der Waals surface area (Å²) in [4.78, 5) is 10.1. The number of hydrogen-bond donors (Lipinski definition) is 0. The van der Waals surface area contributed by atoms with Crippen molar-refractivity contribution in [3.05, 3.63) is 33.8 Å². The lowest BCUT2D eigenvalue weighted by Crippen LogP contribution is -2.25. The van der Waals surface area contributed by atoms with Crippen molar-refractivity contribution in [3.63, 3.8) is 0 Å². The third-order valence-electron chi connectivity index (χ3n) is 1.21. The number of aromatic carboxylic acids is 1. The van der Waals surface area contributed by atoms with Gasteiger partial charge in [-0.3, -0.25) is 0 Å². The summed E-state index contributed by atoms with van der Waals surface area (Å²) < 4.78 is 25.5. The van der Waals surface area contributed by atoms with E-state index in [2.05, 4.69) is 15.9 Å². The van der Waals surface area contributed by atoms with Gasteiger partial charge in [-0.1, -0.05) is 15.9 Å². The molecule has 5 heteroatoms. The van der Waals surface area contributed by atoms with E-state index in [0.717, 1.165) is 12.1 Å². The monoisotopic (exact) mass is 235 g/mol. The van der Waals surface area contributed by atoms with E-state index in [9.17, 15) is 18.7 Å². The second-order valence-electron chi connectivity index (χ2n) is 2.03. The summed E-state index contributed by atoms with van der Waals surface area (Å²) in [6.45, 7) is 0. The predicted molar refractivity (Wildman–Crippen MR) is 38.4 cm³/mol. The third kappa shape index (κ3) is 1.61. The molecular weight excluding hydrogens is 234 g/mol. The molecule has 1 aromatic rings. The lowest BCUT2D eigenvalue weighted by atomic mass is 10.2. The Hall–Kier alpha value is -0.970. The van der Waals surface area contributed by atoms with Gasteiger partial charge in [0.1, 0.15) is 11.6 Å². The fourth-order valence-electron chi connectivity index (χ4n) is 0.737.